The molecule has 0 aromatic heterocycles. The molecule has 7 nitrogen and oxygen atoms in total. The Balaban J connectivity index is 1.65. The van der Waals surface area contributed by atoms with E-state index in [9.17, 15) is 18.0 Å². The summed E-state index contributed by atoms with van der Waals surface area (Å²) in [6.07, 6.45) is 0. The summed E-state index contributed by atoms with van der Waals surface area (Å²) in [7, 11) is -3.71. The summed E-state index contributed by atoms with van der Waals surface area (Å²) < 4.78 is 27.4. The summed E-state index contributed by atoms with van der Waals surface area (Å²) in [6.45, 7) is 3.30. The van der Waals surface area contributed by atoms with Crippen molar-refractivity contribution in [3.63, 3.8) is 0 Å². The van der Waals surface area contributed by atoms with Crippen molar-refractivity contribution in [1.82, 2.24) is 0 Å². The van der Waals surface area contributed by atoms with Crippen molar-refractivity contribution < 1.29 is 18.0 Å². The van der Waals surface area contributed by atoms with Gasteiger partial charge in [-0.2, -0.15) is 0 Å². The Morgan fingerprint density at radius 3 is 1.73 bits per heavy atom. The Morgan fingerprint density at radius 2 is 1.20 bits per heavy atom. The Morgan fingerprint density at radius 1 is 0.700 bits per heavy atom. The van der Waals surface area contributed by atoms with Gasteiger partial charge in [-0.15, -0.1) is 0 Å². The quantitative estimate of drug-likeness (QED) is 0.557. The number of aryl methyl sites for hydroxylation is 1. The second-order valence-corrected chi connectivity index (χ2v) is 8.39. The molecule has 0 saturated carbocycles. The van der Waals surface area contributed by atoms with Crippen molar-refractivity contribution in [2.75, 3.05) is 15.4 Å². The molecule has 0 fully saturated rings. The normalized spacial score (nSPS) is 10.9. The zero-order valence-corrected chi connectivity index (χ0v) is 17.3. The van der Waals surface area contributed by atoms with Gasteiger partial charge in [0.15, 0.2) is 0 Å². The van der Waals surface area contributed by atoms with E-state index in [1.165, 1.54) is 43.3 Å². The predicted octanol–water partition coefficient (Wildman–Crippen LogP) is 4.01. The van der Waals surface area contributed by atoms with Gasteiger partial charge in [0.25, 0.3) is 15.9 Å². The highest BCUT2D eigenvalue weighted by atomic mass is 32.2. The van der Waals surface area contributed by atoms with E-state index in [0.717, 1.165) is 5.56 Å². The first-order valence-electron chi connectivity index (χ1n) is 9.11. The van der Waals surface area contributed by atoms with Gasteiger partial charge in [0.2, 0.25) is 5.91 Å². The molecule has 0 atom stereocenters. The van der Waals surface area contributed by atoms with E-state index >= 15 is 0 Å². The molecule has 8 heteroatoms. The van der Waals surface area contributed by atoms with Crippen LogP contribution >= 0.6 is 0 Å². The molecule has 0 radical (unpaired) electrons. The number of benzene rings is 3. The van der Waals surface area contributed by atoms with Crippen LogP contribution in [-0.2, 0) is 14.8 Å². The first-order chi connectivity index (χ1) is 14.2. The monoisotopic (exact) mass is 423 g/mol. The van der Waals surface area contributed by atoms with Gasteiger partial charge in [0.05, 0.1) is 4.90 Å². The zero-order valence-electron chi connectivity index (χ0n) is 16.5. The first-order valence-corrected chi connectivity index (χ1v) is 10.6. The average molecular weight is 423 g/mol. The van der Waals surface area contributed by atoms with Crippen LogP contribution < -0.4 is 15.4 Å². The largest absolute Gasteiger partial charge is 0.326 e. The Labute approximate surface area is 175 Å². The highest BCUT2D eigenvalue weighted by Gasteiger charge is 2.14. The van der Waals surface area contributed by atoms with E-state index in [2.05, 4.69) is 15.4 Å². The predicted molar refractivity (Wildman–Crippen MR) is 117 cm³/mol. The van der Waals surface area contributed by atoms with Crippen molar-refractivity contribution >= 4 is 38.9 Å². The van der Waals surface area contributed by atoms with Gasteiger partial charge in [0.1, 0.15) is 0 Å². The van der Waals surface area contributed by atoms with Crippen molar-refractivity contribution in [1.29, 1.82) is 0 Å². The van der Waals surface area contributed by atoms with Crippen LogP contribution in [0.5, 0.6) is 0 Å². The molecule has 3 aromatic carbocycles. The molecule has 3 aromatic rings. The van der Waals surface area contributed by atoms with Gasteiger partial charge in [-0.05, 0) is 67.6 Å². The number of rotatable bonds is 6. The Bertz CT molecular complexity index is 1150. The van der Waals surface area contributed by atoms with Gasteiger partial charge in [-0.25, -0.2) is 8.42 Å². The molecular formula is C22H21N3O4S. The van der Waals surface area contributed by atoms with Crippen LogP contribution in [0.15, 0.2) is 77.7 Å². The molecule has 2 amide bonds. The molecule has 3 rings (SSSR count). The smallest absolute Gasteiger partial charge is 0.261 e. The highest BCUT2D eigenvalue weighted by molar-refractivity contribution is 7.92. The summed E-state index contributed by atoms with van der Waals surface area (Å²) in [5.41, 5.74) is 2.89. The van der Waals surface area contributed by atoms with Crippen molar-refractivity contribution in [2.24, 2.45) is 0 Å². The number of anilines is 3. The minimum Gasteiger partial charge on any atom is -0.326 e. The fourth-order valence-corrected chi connectivity index (χ4v) is 3.72. The van der Waals surface area contributed by atoms with E-state index < -0.39 is 10.0 Å². The summed E-state index contributed by atoms with van der Waals surface area (Å²) in [5.74, 6) is -0.514. The van der Waals surface area contributed by atoms with Gasteiger partial charge < -0.3 is 10.6 Å². The maximum absolute atomic E-state index is 12.5. The molecular weight excluding hydrogens is 402 g/mol. The lowest BCUT2D eigenvalue weighted by Crippen LogP contribution is -2.14. The maximum atomic E-state index is 12.5. The van der Waals surface area contributed by atoms with Gasteiger partial charge in [-0.1, -0.05) is 17.7 Å². The second kappa shape index (κ2) is 8.79. The average Bonchev–Trinajstić information content (AvgIpc) is 2.69. The third-order valence-corrected chi connectivity index (χ3v) is 5.59. The molecule has 0 saturated heterocycles. The lowest BCUT2D eigenvalue weighted by Gasteiger charge is -2.10. The number of hydrogen-bond donors (Lipinski definition) is 3. The van der Waals surface area contributed by atoms with Crippen LogP contribution in [0.3, 0.4) is 0 Å². The number of carbonyl (C=O) groups excluding carboxylic acids is 2. The summed E-state index contributed by atoms with van der Waals surface area (Å²) in [5, 5.41) is 5.40. The van der Waals surface area contributed by atoms with Crippen LogP contribution in [-0.4, -0.2) is 20.2 Å². The van der Waals surface area contributed by atoms with E-state index in [1.807, 2.05) is 6.92 Å². The molecule has 0 heterocycles. The summed E-state index contributed by atoms with van der Waals surface area (Å²) in [6, 6.07) is 19.4. The minimum absolute atomic E-state index is 0.164. The fraction of sp³-hybridized carbons (Fsp3) is 0.0909. The van der Waals surface area contributed by atoms with Crippen LogP contribution in [0.1, 0.15) is 22.8 Å². The van der Waals surface area contributed by atoms with Crippen LogP contribution in [0.25, 0.3) is 0 Å². The Kier molecular flexibility index (Phi) is 6.17. The first kappa shape index (κ1) is 21.1. The summed E-state index contributed by atoms with van der Waals surface area (Å²) in [4.78, 5) is 23.6. The molecule has 0 spiro atoms. The molecule has 0 aliphatic heterocycles. The van der Waals surface area contributed by atoms with Crippen molar-refractivity contribution in [3.05, 3.63) is 83.9 Å². The number of carbonyl (C=O) groups is 2. The Hall–Kier alpha value is -3.65. The molecule has 0 aliphatic rings. The van der Waals surface area contributed by atoms with Crippen molar-refractivity contribution in [2.45, 2.75) is 18.7 Å². The van der Waals surface area contributed by atoms with E-state index in [4.69, 9.17) is 0 Å². The molecule has 0 bridgehead atoms. The zero-order chi connectivity index (χ0) is 21.7. The molecule has 30 heavy (non-hydrogen) atoms. The van der Waals surface area contributed by atoms with Crippen LogP contribution in [0.2, 0.25) is 0 Å². The van der Waals surface area contributed by atoms with E-state index in [1.54, 1.807) is 36.4 Å². The SMILES string of the molecule is CC(=O)Nc1ccc(NC(=O)c2ccc(NS(=O)(=O)c3ccc(C)cc3)cc2)cc1. The number of sulfonamides is 1. The lowest BCUT2D eigenvalue weighted by atomic mass is 10.2. The molecule has 154 valence electrons. The van der Waals surface area contributed by atoms with Gasteiger partial charge >= 0.3 is 0 Å². The summed E-state index contributed by atoms with van der Waals surface area (Å²) >= 11 is 0. The number of nitrogens with one attached hydrogen (secondary N) is 3. The number of amides is 2. The minimum atomic E-state index is -3.71. The lowest BCUT2D eigenvalue weighted by molar-refractivity contribution is -0.114. The van der Waals surface area contributed by atoms with E-state index in [-0.39, 0.29) is 16.7 Å². The maximum Gasteiger partial charge on any atom is 0.261 e. The second-order valence-electron chi connectivity index (χ2n) is 6.71. The third-order valence-electron chi connectivity index (χ3n) is 4.19. The van der Waals surface area contributed by atoms with E-state index in [0.29, 0.717) is 22.6 Å². The topological polar surface area (TPSA) is 104 Å². The van der Waals surface area contributed by atoms with Gasteiger partial charge in [-0.3, -0.25) is 14.3 Å². The standard InChI is InChI=1S/C22H21N3O4S/c1-15-3-13-21(14-4-15)30(28,29)25-20-7-5-17(6-8-20)22(27)24-19-11-9-18(10-12-19)23-16(2)26/h3-14,25H,1-2H3,(H,23,26)(H,24,27). The highest BCUT2D eigenvalue weighted by Crippen LogP contribution is 2.19. The number of hydrogen-bond acceptors (Lipinski definition) is 4. The molecule has 3 N–H and O–H groups in total. The van der Waals surface area contributed by atoms with Crippen LogP contribution in [0, 0.1) is 6.92 Å². The fourth-order valence-electron chi connectivity index (χ4n) is 2.66. The third kappa shape index (κ3) is 5.45. The van der Waals surface area contributed by atoms with Crippen LogP contribution in [0.4, 0.5) is 17.1 Å². The van der Waals surface area contributed by atoms with Crippen molar-refractivity contribution in [3.8, 4) is 0 Å². The molecule has 0 aliphatic carbocycles. The van der Waals surface area contributed by atoms with Gasteiger partial charge in [0, 0.05) is 29.5 Å². The molecule has 0 unspecified atom stereocenters.